The van der Waals surface area contributed by atoms with E-state index in [2.05, 4.69) is 0 Å². The van der Waals surface area contributed by atoms with Crippen molar-refractivity contribution < 1.29 is 9.50 Å². The molecule has 0 fully saturated rings. The molecule has 0 aliphatic heterocycles. The van der Waals surface area contributed by atoms with Crippen molar-refractivity contribution >= 4 is 23.2 Å². The van der Waals surface area contributed by atoms with E-state index in [0.29, 0.717) is 17.0 Å². The average Bonchev–Trinajstić information content (AvgIpc) is 2.34. The minimum atomic E-state index is -1.14. The molecule has 2 aromatic carbocycles. The van der Waals surface area contributed by atoms with E-state index in [0.717, 1.165) is 5.56 Å². The minimum absolute atomic E-state index is 0.0486. The van der Waals surface area contributed by atoms with Crippen molar-refractivity contribution in [2.45, 2.75) is 18.9 Å². The van der Waals surface area contributed by atoms with Crippen LogP contribution in [0.3, 0.4) is 0 Å². The molecule has 0 saturated carbocycles. The van der Waals surface area contributed by atoms with Gasteiger partial charge in [-0.2, -0.15) is 0 Å². The van der Waals surface area contributed by atoms with Crippen LogP contribution in [-0.2, 0) is 12.0 Å². The van der Waals surface area contributed by atoms with Crippen LogP contribution in [0.5, 0.6) is 0 Å². The van der Waals surface area contributed by atoms with Crippen LogP contribution in [0, 0.1) is 5.82 Å². The van der Waals surface area contributed by atoms with Crippen LogP contribution in [0.25, 0.3) is 0 Å². The van der Waals surface area contributed by atoms with Gasteiger partial charge in [-0.05, 0) is 30.7 Å². The number of rotatable bonds is 3. The SMILES string of the molecule is CC(O)(Cc1ccc(F)c(Cl)c1)c1ccccc1Cl. The van der Waals surface area contributed by atoms with Gasteiger partial charge < -0.3 is 5.11 Å². The molecule has 19 heavy (non-hydrogen) atoms. The molecule has 0 bridgehead atoms. The lowest BCUT2D eigenvalue weighted by molar-refractivity contribution is 0.0577. The molecule has 0 aliphatic carbocycles. The number of benzene rings is 2. The van der Waals surface area contributed by atoms with Crippen molar-refractivity contribution in [1.82, 2.24) is 0 Å². The molecule has 0 amide bonds. The topological polar surface area (TPSA) is 20.2 Å². The zero-order valence-electron chi connectivity index (χ0n) is 10.3. The molecule has 1 unspecified atom stereocenters. The zero-order chi connectivity index (χ0) is 14.0. The maximum atomic E-state index is 13.1. The molecule has 2 rings (SSSR count). The summed E-state index contributed by atoms with van der Waals surface area (Å²) >= 11 is 11.8. The zero-order valence-corrected chi connectivity index (χ0v) is 11.8. The molecular formula is C15H13Cl2FO. The first-order valence-electron chi connectivity index (χ1n) is 5.81. The maximum absolute atomic E-state index is 13.1. The molecule has 0 heterocycles. The summed E-state index contributed by atoms with van der Waals surface area (Å²) in [5, 5.41) is 11.1. The second kappa shape index (κ2) is 5.49. The van der Waals surface area contributed by atoms with Crippen molar-refractivity contribution in [2.75, 3.05) is 0 Å². The first-order chi connectivity index (χ1) is 8.90. The van der Waals surface area contributed by atoms with Gasteiger partial charge in [0.15, 0.2) is 0 Å². The van der Waals surface area contributed by atoms with Gasteiger partial charge in [0, 0.05) is 17.0 Å². The van der Waals surface area contributed by atoms with E-state index in [1.165, 1.54) is 12.1 Å². The van der Waals surface area contributed by atoms with Gasteiger partial charge in [0.25, 0.3) is 0 Å². The van der Waals surface area contributed by atoms with Crippen molar-refractivity contribution in [3.63, 3.8) is 0 Å². The summed E-state index contributed by atoms with van der Waals surface area (Å²) in [7, 11) is 0. The van der Waals surface area contributed by atoms with E-state index in [1.54, 1.807) is 31.2 Å². The first-order valence-corrected chi connectivity index (χ1v) is 6.57. The van der Waals surface area contributed by atoms with Crippen molar-refractivity contribution in [3.05, 3.63) is 69.5 Å². The highest BCUT2D eigenvalue weighted by Crippen LogP contribution is 2.31. The van der Waals surface area contributed by atoms with Crippen molar-refractivity contribution in [1.29, 1.82) is 0 Å². The normalized spacial score (nSPS) is 14.2. The molecule has 2 aromatic rings. The maximum Gasteiger partial charge on any atom is 0.141 e. The molecule has 0 radical (unpaired) electrons. The second-order valence-corrected chi connectivity index (χ2v) is 5.49. The largest absolute Gasteiger partial charge is 0.385 e. The van der Waals surface area contributed by atoms with E-state index >= 15 is 0 Å². The predicted octanol–water partition coefficient (Wildman–Crippen LogP) is 4.58. The Morgan fingerprint density at radius 2 is 1.79 bits per heavy atom. The van der Waals surface area contributed by atoms with Crippen LogP contribution < -0.4 is 0 Å². The van der Waals surface area contributed by atoms with Gasteiger partial charge in [0.05, 0.1) is 10.6 Å². The van der Waals surface area contributed by atoms with Crippen LogP contribution in [0.15, 0.2) is 42.5 Å². The lowest BCUT2D eigenvalue weighted by atomic mass is 9.89. The Labute approximate surface area is 121 Å². The summed E-state index contributed by atoms with van der Waals surface area (Å²) < 4.78 is 13.1. The van der Waals surface area contributed by atoms with Gasteiger partial charge >= 0.3 is 0 Å². The van der Waals surface area contributed by atoms with Gasteiger partial charge in [0.2, 0.25) is 0 Å². The third-order valence-electron chi connectivity index (χ3n) is 2.99. The molecule has 4 heteroatoms. The number of hydrogen-bond donors (Lipinski definition) is 1. The van der Waals surface area contributed by atoms with E-state index < -0.39 is 11.4 Å². The second-order valence-electron chi connectivity index (χ2n) is 4.68. The van der Waals surface area contributed by atoms with Crippen LogP contribution in [-0.4, -0.2) is 5.11 Å². The highest BCUT2D eigenvalue weighted by Gasteiger charge is 2.26. The fourth-order valence-corrected chi connectivity index (χ4v) is 2.58. The Balaban J connectivity index is 2.31. The van der Waals surface area contributed by atoms with E-state index in [-0.39, 0.29) is 5.02 Å². The first kappa shape index (κ1) is 14.3. The molecule has 0 spiro atoms. The monoisotopic (exact) mass is 298 g/mol. The summed E-state index contributed by atoms with van der Waals surface area (Å²) in [6.07, 6.45) is 0.302. The van der Waals surface area contributed by atoms with Crippen LogP contribution in [0.1, 0.15) is 18.1 Å². The Hall–Kier alpha value is -1.09. The lowest BCUT2D eigenvalue weighted by Crippen LogP contribution is -2.24. The Kier molecular flexibility index (Phi) is 4.14. The third kappa shape index (κ3) is 3.27. The van der Waals surface area contributed by atoms with Gasteiger partial charge in [-0.3, -0.25) is 0 Å². The summed E-state index contributed by atoms with van der Waals surface area (Å²) in [5.74, 6) is -0.470. The summed E-state index contributed by atoms with van der Waals surface area (Å²) in [5.41, 5.74) is 0.243. The van der Waals surface area contributed by atoms with Gasteiger partial charge in [-0.15, -0.1) is 0 Å². The van der Waals surface area contributed by atoms with Gasteiger partial charge in [-0.25, -0.2) is 4.39 Å². The minimum Gasteiger partial charge on any atom is -0.385 e. The van der Waals surface area contributed by atoms with E-state index in [1.807, 2.05) is 6.07 Å². The lowest BCUT2D eigenvalue weighted by Gasteiger charge is -2.25. The standard InChI is InChI=1S/C15H13Cl2FO/c1-15(19,11-4-2-3-5-12(11)16)9-10-6-7-14(18)13(17)8-10/h2-8,19H,9H2,1H3. The molecule has 100 valence electrons. The van der Waals surface area contributed by atoms with Crippen molar-refractivity contribution in [3.8, 4) is 0 Å². The smallest absolute Gasteiger partial charge is 0.141 e. The summed E-state index contributed by atoms with van der Waals surface area (Å²) in [6.45, 7) is 1.67. The molecule has 0 saturated heterocycles. The number of aliphatic hydroxyl groups is 1. The molecule has 0 aromatic heterocycles. The molecule has 1 atom stereocenters. The third-order valence-corrected chi connectivity index (χ3v) is 3.61. The van der Waals surface area contributed by atoms with Crippen LogP contribution >= 0.6 is 23.2 Å². The quantitative estimate of drug-likeness (QED) is 0.879. The van der Waals surface area contributed by atoms with Gasteiger partial charge in [-0.1, -0.05) is 47.5 Å². The summed E-state index contributed by atoms with van der Waals surface area (Å²) in [4.78, 5) is 0. The summed E-state index contributed by atoms with van der Waals surface area (Å²) in [6, 6.07) is 11.5. The molecular weight excluding hydrogens is 286 g/mol. The highest BCUT2D eigenvalue weighted by atomic mass is 35.5. The average molecular weight is 299 g/mol. The molecule has 0 aliphatic rings. The van der Waals surface area contributed by atoms with E-state index in [4.69, 9.17) is 23.2 Å². The van der Waals surface area contributed by atoms with E-state index in [9.17, 15) is 9.50 Å². The fraction of sp³-hybridized carbons (Fsp3) is 0.200. The highest BCUT2D eigenvalue weighted by molar-refractivity contribution is 6.31. The Morgan fingerprint density at radius 3 is 2.42 bits per heavy atom. The van der Waals surface area contributed by atoms with Gasteiger partial charge in [0.1, 0.15) is 5.82 Å². The predicted molar refractivity (Wildman–Crippen MR) is 76.1 cm³/mol. The number of halogens is 3. The van der Waals surface area contributed by atoms with Crippen molar-refractivity contribution in [2.24, 2.45) is 0 Å². The number of hydrogen-bond acceptors (Lipinski definition) is 1. The molecule has 1 N–H and O–H groups in total. The molecule has 1 nitrogen and oxygen atoms in total. The Morgan fingerprint density at radius 1 is 1.11 bits per heavy atom. The Bertz CT molecular complexity index is 596. The fourth-order valence-electron chi connectivity index (χ4n) is 2.04. The van der Waals surface area contributed by atoms with Crippen LogP contribution in [0.4, 0.5) is 4.39 Å². The van der Waals surface area contributed by atoms with Crippen LogP contribution in [0.2, 0.25) is 10.0 Å².